The zero-order chi connectivity index (χ0) is 12.6. The fraction of sp³-hybridized carbons (Fsp3) is 0.444. The Labute approximate surface area is 111 Å². The van der Waals surface area contributed by atoms with Gasteiger partial charge in [-0.1, -0.05) is 87.2 Å². The Hall–Kier alpha value is -1.30. The third-order valence-electron chi connectivity index (χ3n) is 3.71. The van der Waals surface area contributed by atoms with E-state index in [0.29, 0.717) is 11.8 Å². The van der Waals surface area contributed by atoms with Crippen molar-refractivity contribution in [3.05, 3.63) is 60.2 Å². The minimum Gasteiger partial charge on any atom is -0.0807 e. The maximum Gasteiger partial charge on any atom is 0.0199 e. The molecule has 0 heterocycles. The molecule has 0 aromatic heterocycles. The molecule has 0 heteroatoms. The number of hydrogen-bond acceptors (Lipinski definition) is 0. The third-order valence-corrected chi connectivity index (χ3v) is 3.71. The predicted molar refractivity (Wildman–Crippen MR) is 79.7 cm³/mol. The number of rotatable bonds is 6. The maximum absolute atomic E-state index is 2.39. The Morgan fingerprint density at radius 1 is 0.833 bits per heavy atom. The van der Waals surface area contributed by atoms with Gasteiger partial charge in [0.25, 0.3) is 0 Å². The lowest BCUT2D eigenvalue weighted by Gasteiger charge is -2.17. The smallest absolute Gasteiger partial charge is 0.0199 e. The van der Waals surface area contributed by atoms with Crippen molar-refractivity contribution < 1.29 is 0 Å². The molecule has 0 nitrogen and oxygen atoms in total. The monoisotopic (exact) mass is 240 g/mol. The molecule has 96 valence electrons. The Morgan fingerprint density at radius 3 is 2.22 bits per heavy atom. The number of benzene rings is 1. The standard InChI is InChI=1S/C18H24/c1-2-3-4-6-9-16-12-14-18(15-13-16)17-10-7-5-8-11-17/h5,7-8,10-16,18H,2-4,6,9H2,1H3. The third kappa shape index (κ3) is 3.87. The highest BCUT2D eigenvalue weighted by atomic mass is 14.1. The van der Waals surface area contributed by atoms with Crippen LogP contribution in [0.5, 0.6) is 0 Å². The van der Waals surface area contributed by atoms with Gasteiger partial charge in [0.1, 0.15) is 0 Å². The van der Waals surface area contributed by atoms with E-state index >= 15 is 0 Å². The summed E-state index contributed by atoms with van der Waals surface area (Å²) in [5.41, 5.74) is 1.40. The molecule has 1 aliphatic rings. The van der Waals surface area contributed by atoms with Crippen LogP contribution >= 0.6 is 0 Å². The van der Waals surface area contributed by atoms with E-state index in [0.717, 1.165) is 0 Å². The second-order valence-corrected chi connectivity index (χ2v) is 5.22. The van der Waals surface area contributed by atoms with Crippen LogP contribution in [0.25, 0.3) is 0 Å². The van der Waals surface area contributed by atoms with Crippen molar-refractivity contribution in [1.82, 2.24) is 0 Å². The van der Waals surface area contributed by atoms with Gasteiger partial charge >= 0.3 is 0 Å². The summed E-state index contributed by atoms with van der Waals surface area (Å²) in [5.74, 6) is 1.15. The second-order valence-electron chi connectivity index (χ2n) is 5.22. The lowest BCUT2D eigenvalue weighted by molar-refractivity contribution is 0.585. The van der Waals surface area contributed by atoms with Crippen LogP contribution < -0.4 is 0 Å². The normalized spacial score (nSPS) is 22.3. The molecule has 0 aliphatic heterocycles. The summed E-state index contributed by atoms with van der Waals surface area (Å²) < 4.78 is 0. The summed E-state index contributed by atoms with van der Waals surface area (Å²) in [6.07, 6.45) is 16.3. The highest BCUT2D eigenvalue weighted by Gasteiger charge is 2.10. The SMILES string of the molecule is CCCCCCC1C=CC(c2ccccc2)C=C1. The van der Waals surface area contributed by atoms with Gasteiger partial charge in [-0.25, -0.2) is 0 Å². The summed E-state index contributed by atoms with van der Waals surface area (Å²) in [6, 6.07) is 10.7. The van der Waals surface area contributed by atoms with Gasteiger partial charge in [0.2, 0.25) is 0 Å². The van der Waals surface area contributed by atoms with Crippen molar-refractivity contribution in [2.24, 2.45) is 5.92 Å². The Kier molecular flexibility index (Phi) is 5.26. The van der Waals surface area contributed by atoms with Crippen LogP contribution in [0.1, 0.15) is 50.5 Å². The Morgan fingerprint density at radius 2 is 1.56 bits per heavy atom. The van der Waals surface area contributed by atoms with E-state index in [1.165, 1.54) is 37.7 Å². The first-order valence-corrected chi connectivity index (χ1v) is 7.31. The summed E-state index contributed by atoms with van der Waals surface area (Å²) in [4.78, 5) is 0. The molecule has 0 atom stereocenters. The van der Waals surface area contributed by atoms with Crippen molar-refractivity contribution in [2.75, 3.05) is 0 Å². The molecular formula is C18H24. The van der Waals surface area contributed by atoms with E-state index < -0.39 is 0 Å². The molecule has 1 aromatic rings. The van der Waals surface area contributed by atoms with Crippen molar-refractivity contribution in [2.45, 2.75) is 44.9 Å². The first-order chi connectivity index (χ1) is 8.90. The summed E-state index contributed by atoms with van der Waals surface area (Å²) in [5, 5.41) is 0. The van der Waals surface area contributed by atoms with Gasteiger partial charge in [0.15, 0.2) is 0 Å². The van der Waals surface area contributed by atoms with Gasteiger partial charge < -0.3 is 0 Å². The van der Waals surface area contributed by atoms with Crippen LogP contribution in [0.4, 0.5) is 0 Å². The zero-order valence-electron chi connectivity index (χ0n) is 11.4. The average molecular weight is 240 g/mol. The largest absolute Gasteiger partial charge is 0.0807 e. The molecule has 18 heavy (non-hydrogen) atoms. The summed E-state index contributed by atoms with van der Waals surface area (Å²) >= 11 is 0. The molecule has 0 spiro atoms. The van der Waals surface area contributed by atoms with Crippen LogP contribution in [-0.4, -0.2) is 0 Å². The molecular weight excluding hydrogens is 216 g/mol. The molecule has 0 fully saturated rings. The lowest BCUT2D eigenvalue weighted by Crippen LogP contribution is -2.01. The maximum atomic E-state index is 2.39. The molecule has 0 N–H and O–H groups in total. The molecule has 1 aliphatic carbocycles. The first-order valence-electron chi connectivity index (χ1n) is 7.31. The topological polar surface area (TPSA) is 0 Å². The van der Waals surface area contributed by atoms with Gasteiger partial charge in [-0.15, -0.1) is 0 Å². The minimum atomic E-state index is 0.484. The molecule has 0 unspecified atom stereocenters. The van der Waals surface area contributed by atoms with Gasteiger partial charge in [0, 0.05) is 5.92 Å². The molecule has 0 amide bonds. The molecule has 0 saturated heterocycles. The van der Waals surface area contributed by atoms with Gasteiger partial charge in [-0.05, 0) is 17.9 Å². The van der Waals surface area contributed by atoms with Gasteiger partial charge in [-0.3, -0.25) is 0 Å². The van der Waals surface area contributed by atoms with Crippen molar-refractivity contribution in [3.8, 4) is 0 Å². The van der Waals surface area contributed by atoms with E-state index in [1.54, 1.807) is 0 Å². The first kappa shape index (κ1) is 13.1. The van der Waals surface area contributed by atoms with E-state index in [9.17, 15) is 0 Å². The molecule has 0 bridgehead atoms. The van der Waals surface area contributed by atoms with Crippen LogP contribution in [-0.2, 0) is 0 Å². The quantitative estimate of drug-likeness (QED) is 0.456. The van der Waals surface area contributed by atoms with Gasteiger partial charge in [-0.2, -0.15) is 0 Å². The Bertz CT molecular complexity index is 372. The van der Waals surface area contributed by atoms with Crippen LogP contribution in [0.15, 0.2) is 54.6 Å². The Balaban J connectivity index is 1.80. The van der Waals surface area contributed by atoms with Crippen molar-refractivity contribution >= 4 is 0 Å². The van der Waals surface area contributed by atoms with E-state index in [1.807, 2.05) is 0 Å². The minimum absolute atomic E-state index is 0.484. The van der Waals surface area contributed by atoms with Gasteiger partial charge in [0.05, 0.1) is 0 Å². The number of hydrogen-bond donors (Lipinski definition) is 0. The fourth-order valence-corrected chi connectivity index (χ4v) is 2.55. The van der Waals surface area contributed by atoms with Crippen molar-refractivity contribution in [3.63, 3.8) is 0 Å². The average Bonchev–Trinajstić information content (AvgIpc) is 2.45. The van der Waals surface area contributed by atoms with Crippen LogP contribution in [0, 0.1) is 5.92 Å². The fourth-order valence-electron chi connectivity index (χ4n) is 2.55. The molecule has 0 radical (unpaired) electrons. The van der Waals surface area contributed by atoms with E-state index in [2.05, 4.69) is 61.6 Å². The summed E-state index contributed by atoms with van der Waals surface area (Å²) in [7, 11) is 0. The highest BCUT2D eigenvalue weighted by molar-refractivity contribution is 5.31. The zero-order valence-corrected chi connectivity index (χ0v) is 11.4. The van der Waals surface area contributed by atoms with Crippen LogP contribution in [0.3, 0.4) is 0 Å². The van der Waals surface area contributed by atoms with Crippen LogP contribution in [0.2, 0.25) is 0 Å². The highest BCUT2D eigenvalue weighted by Crippen LogP contribution is 2.26. The van der Waals surface area contributed by atoms with E-state index in [4.69, 9.17) is 0 Å². The molecule has 1 aromatic carbocycles. The van der Waals surface area contributed by atoms with E-state index in [-0.39, 0.29) is 0 Å². The lowest BCUT2D eigenvalue weighted by atomic mass is 9.88. The summed E-state index contributed by atoms with van der Waals surface area (Å²) in [6.45, 7) is 2.27. The van der Waals surface area contributed by atoms with Crippen molar-refractivity contribution in [1.29, 1.82) is 0 Å². The second kappa shape index (κ2) is 7.20. The molecule has 2 rings (SSSR count). The number of unbranched alkanes of at least 4 members (excludes halogenated alkanes) is 3. The predicted octanol–water partition coefficient (Wildman–Crippen LogP) is 5.48. The molecule has 0 saturated carbocycles. The number of allylic oxidation sites excluding steroid dienone is 4.